The van der Waals surface area contributed by atoms with E-state index in [1.807, 2.05) is 13.1 Å². The van der Waals surface area contributed by atoms with E-state index in [0.717, 1.165) is 19.3 Å². The summed E-state index contributed by atoms with van der Waals surface area (Å²) in [5.41, 5.74) is 0. The third-order valence-electron chi connectivity index (χ3n) is 2.02. The Morgan fingerprint density at radius 3 is 2.22 bits per heavy atom. The SMILES string of the molecule is CCCCCCCOC(=O)N=NC(=O)O[SiH](C)C. The second-order valence-electron chi connectivity index (χ2n) is 4.16. The topological polar surface area (TPSA) is 77.3 Å². The average Bonchev–Trinajstić information content (AvgIpc) is 2.30. The summed E-state index contributed by atoms with van der Waals surface area (Å²) in [6.07, 6.45) is 3.68. The number of unbranched alkanes of at least 4 members (excludes halogenated alkanes) is 4. The predicted molar refractivity (Wildman–Crippen MR) is 70.3 cm³/mol. The third-order valence-corrected chi connectivity index (χ3v) is 2.70. The zero-order valence-electron chi connectivity index (χ0n) is 11.3. The molecule has 104 valence electrons. The molecule has 0 aromatic rings. The van der Waals surface area contributed by atoms with Gasteiger partial charge < -0.3 is 9.16 Å². The van der Waals surface area contributed by atoms with Crippen molar-refractivity contribution in [2.24, 2.45) is 10.2 Å². The highest BCUT2D eigenvalue weighted by molar-refractivity contribution is 6.50. The molecule has 0 aliphatic rings. The predicted octanol–water partition coefficient (Wildman–Crippen LogP) is 3.67. The molecule has 0 aromatic heterocycles. The first-order valence-electron chi connectivity index (χ1n) is 6.35. The smallest absolute Gasteiger partial charge is 0.452 e. The Hall–Kier alpha value is -1.24. The Bertz CT molecular complexity index is 282. The minimum Gasteiger partial charge on any atom is -0.504 e. The fraction of sp³-hybridized carbons (Fsp3) is 0.818. The lowest BCUT2D eigenvalue weighted by atomic mass is 10.2. The standard InChI is InChI=1S/C11H22N2O4Si/c1-4-5-6-7-8-9-16-10(14)12-13-11(15)17-18(2)3/h18H,4-9H2,1-3H3. The number of hydrogen-bond acceptors (Lipinski definition) is 4. The lowest BCUT2D eigenvalue weighted by molar-refractivity contribution is 0.151. The molecule has 0 rings (SSSR count). The van der Waals surface area contributed by atoms with Crippen molar-refractivity contribution in [3.63, 3.8) is 0 Å². The largest absolute Gasteiger partial charge is 0.504 e. The summed E-state index contributed by atoms with van der Waals surface area (Å²) in [5, 5.41) is 6.24. The number of carbonyl (C=O) groups is 2. The Balaban J connectivity index is 3.58. The molecule has 0 bridgehead atoms. The molecule has 0 fully saturated rings. The van der Waals surface area contributed by atoms with Crippen LogP contribution >= 0.6 is 0 Å². The van der Waals surface area contributed by atoms with Crippen LogP contribution in [0.15, 0.2) is 10.2 Å². The fourth-order valence-corrected chi connectivity index (χ4v) is 1.65. The molecule has 0 saturated heterocycles. The van der Waals surface area contributed by atoms with Crippen molar-refractivity contribution >= 4 is 21.2 Å². The average molecular weight is 274 g/mol. The number of rotatable bonds is 7. The highest BCUT2D eigenvalue weighted by Gasteiger charge is 2.06. The first-order valence-corrected chi connectivity index (χ1v) is 9.13. The summed E-state index contributed by atoms with van der Waals surface area (Å²) in [6.45, 7) is 6.10. The van der Waals surface area contributed by atoms with Gasteiger partial charge >= 0.3 is 12.2 Å². The van der Waals surface area contributed by atoms with E-state index in [0.29, 0.717) is 6.61 Å². The van der Waals surface area contributed by atoms with Gasteiger partial charge in [0.2, 0.25) is 9.04 Å². The summed E-state index contributed by atoms with van der Waals surface area (Å²) in [7, 11) is -1.49. The van der Waals surface area contributed by atoms with Gasteiger partial charge in [-0.15, -0.1) is 0 Å². The second-order valence-corrected chi connectivity index (χ2v) is 6.49. The maximum absolute atomic E-state index is 11.0. The van der Waals surface area contributed by atoms with E-state index in [4.69, 9.17) is 9.16 Å². The van der Waals surface area contributed by atoms with Gasteiger partial charge in [-0.1, -0.05) is 42.8 Å². The molecule has 6 nitrogen and oxygen atoms in total. The molecule has 0 unspecified atom stereocenters. The van der Waals surface area contributed by atoms with Crippen molar-refractivity contribution in [3.8, 4) is 0 Å². The van der Waals surface area contributed by atoms with Gasteiger partial charge in [-0.05, 0) is 19.5 Å². The maximum atomic E-state index is 11.0. The zero-order valence-corrected chi connectivity index (χ0v) is 12.5. The van der Waals surface area contributed by atoms with Gasteiger partial charge in [-0.25, -0.2) is 9.59 Å². The number of azo groups is 1. The normalized spacial score (nSPS) is 10.9. The summed E-state index contributed by atoms with van der Waals surface area (Å²) >= 11 is 0. The van der Waals surface area contributed by atoms with Crippen LogP contribution in [-0.2, 0) is 9.16 Å². The summed E-state index contributed by atoms with van der Waals surface area (Å²) < 4.78 is 9.58. The molecule has 7 heteroatoms. The summed E-state index contributed by atoms with van der Waals surface area (Å²) in [4.78, 5) is 22.0. The van der Waals surface area contributed by atoms with Gasteiger partial charge in [0, 0.05) is 0 Å². The summed E-state index contributed by atoms with van der Waals surface area (Å²) in [6, 6.07) is 0. The number of amides is 2. The van der Waals surface area contributed by atoms with Crippen molar-refractivity contribution in [3.05, 3.63) is 0 Å². The minimum absolute atomic E-state index is 0.315. The van der Waals surface area contributed by atoms with Gasteiger partial charge in [0.05, 0.1) is 6.61 Å². The number of hydrogen-bond donors (Lipinski definition) is 0. The lowest BCUT2D eigenvalue weighted by Crippen LogP contribution is -2.11. The van der Waals surface area contributed by atoms with Gasteiger partial charge in [0.25, 0.3) is 0 Å². The molecule has 0 aliphatic carbocycles. The van der Waals surface area contributed by atoms with Crippen LogP contribution in [0.2, 0.25) is 13.1 Å². The van der Waals surface area contributed by atoms with Crippen LogP contribution in [0.25, 0.3) is 0 Å². The Kier molecular flexibility index (Phi) is 10.1. The molecule has 0 N–H and O–H groups in total. The van der Waals surface area contributed by atoms with E-state index in [1.54, 1.807) is 0 Å². The van der Waals surface area contributed by atoms with Crippen LogP contribution in [0.3, 0.4) is 0 Å². The minimum atomic E-state index is -1.49. The van der Waals surface area contributed by atoms with Crippen LogP contribution < -0.4 is 0 Å². The van der Waals surface area contributed by atoms with Crippen LogP contribution in [-0.4, -0.2) is 27.8 Å². The molecule has 0 aliphatic heterocycles. The van der Waals surface area contributed by atoms with Gasteiger partial charge in [-0.3, -0.25) is 0 Å². The van der Waals surface area contributed by atoms with Crippen LogP contribution in [0.1, 0.15) is 39.0 Å². The zero-order chi connectivity index (χ0) is 13.8. The molecule has 0 aromatic carbocycles. The quantitative estimate of drug-likeness (QED) is 0.403. The van der Waals surface area contributed by atoms with Crippen LogP contribution in [0, 0.1) is 0 Å². The fourth-order valence-electron chi connectivity index (χ4n) is 1.20. The van der Waals surface area contributed by atoms with Gasteiger partial charge in [0.15, 0.2) is 0 Å². The Morgan fingerprint density at radius 2 is 1.61 bits per heavy atom. The van der Waals surface area contributed by atoms with E-state index >= 15 is 0 Å². The number of carbonyl (C=O) groups excluding carboxylic acids is 2. The van der Waals surface area contributed by atoms with E-state index in [2.05, 4.69) is 17.2 Å². The van der Waals surface area contributed by atoms with Gasteiger partial charge in [0.1, 0.15) is 0 Å². The van der Waals surface area contributed by atoms with E-state index in [9.17, 15) is 9.59 Å². The Morgan fingerprint density at radius 1 is 1.00 bits per heavy atom. The molecule has 18 heavy (non-hydrogen) atoms. The van der Waals surface area contributed by atoms with Crippen molar-refractivity contribution in [1.82, 2.24) is 0 Å². The molecule has 0 saturated carbocycles. The second kappa shape index (κ2) is 10.9. The van der Waals surface area contributed by atoms with Crippen molar-refractivity contribution < 1.29 is 18.8 Å². The van der Waals surface area contributed by atoms with Crippen molar-refractivity contribution in [2.45, 2.75) is 52.1 Å². The third kappa shape index (κ3) is 11.2. The number of nitrogens with zero attached hydrogens (tertiary/aromatic N) is 2. The maximum Gasteiger partial charge on any atom is 0.452 e. The van der Waals surface area contributed by atoms with E-state index < -0.39 is 21.2 Å². The van der Waals surface area contributed by atoms with Crippen molar-refractivity contribution in [2.75, 3.05) is 6.61 Å². The van der Waals surface area contributed by atoms with Crippen molar-refractivity contribution in [1.29, 1.82) is 0 Å². The first kappa shape index (κ1) is 16.8. The monoisotopic (exact) mass is 274 g/mol. The molecule has 0 radical (unpaired) electrons. The molecule has 0 heterocycles. The first-order chi connectivity index (χ1) is 8.56. The number of ether oxygens (including phenoxy) is 1. The highest BCUT2D eigenvalue weighted by Crippen LogP contribution is 2.02. The lowest BCUT2D eigenvalue weighted by Gasteiger charge is -2.02. The molecule has 0 spiro atoms. The molecule has 2 amide bonds. The highest BCUT2D eigenvalue weighted by atomic mass is 28.3. The van der Waals surface area contributed by atoms with Gasteiger partial charge in [-0.2, -0.15) is 0 Å². The van der Waals surface area contributed by atoms with E-state index in [-0.39, 0.29) is 0 Å². The summed E-state index contributed by atoms with van der Waals surface area (Å²) in [5.74, 6) is 0. The van der Waals surface area contributed by atoms with Crippen LogP contribution in [0.5, 0.6) is 0 Å². The van der Waals surface area contributed by atoms with Crippen LogP contribution in [0.4, 0.5) is 9.59 Å². The molecular weight excluding hydrogens is 252 g/mol. The molecular formula is C11H22N2O4Si. The Labute approximate surface area is 109 Å². The van der Waals surface area contributed by atoms with E-state index in [1.165, 1.54) is 12.8 Å². The molecule has 0 atom stereocenters.